The highest BCUT2D eigenvalue weighted by Gasteiger charge is 2.12. The molecule has 0 aliphatic rings. The van der Waals surface area contributed by atoms with E-state index in [1.807, 2.05) is 0 Å². The smallest absolute Gasteiger partial charge is 0.188 e. The van der Waals surface area contributed by atoms with Crippen LogP contribution in [0.3, 0.4) is 0 Å². The van der Waals surface area contributed by atoms with Gasteiger partial charge >= 0.3 is 0 Å². The lowest BCUT2D eigenvalue weighted by Gasteiger charge is -2.05. The zero-order valence-corrected chi connectivity index (χ0v) is 14.0. The third-order valence-corrected chi connectivity index (χ3v) is 4.35. The van der Waals surface area contributed by atoms with Crippen LogP contribution < -0.4 is 0 Å². The van der Waals surface area contributed by atoms with E-state index in [-0.39, 0.29) is 11.6 Å². The Morgan fingerprint density at radius 1 is 0.963 bits per heavy atom. The van der Waals surface area contributed by atoms with E-state index in [0.717, 1.165) is 0 Å². The maximum atomic E-state index is 14.6. The first-order valence-corrected chi connectivity index (χ1v) is 8.25. The first-order valence-electron chi connectivity index (χ1n) is 8.25. The summed E-state index contributed by atoms with van der Waals surface area (Å²) in [5.74, 6) is -0.751. The molecule has 4 nitrogen and oxygen atoms in total. The summed E-state index contributed by atoms with van der Waals surface area (Å²) >= 11 is 0. The van der Waals surface area contributed by atoms with Crippen LogP contribution in [-0.2, 0) is 0 Å². The number of fused-ring (bicyclic) bond motifs is 1. The third kappa shape index (κ3) is 3.22. The number of carbonyl (C=O) groups excluding carboxylic acids is 1. The monoisotopic (exact) mass is 364 g/mol. The van der Waals surface area contributed by atoms with Crippen molar-refractivity contribution >= 4 is 16.8 Å². The first-order chi connectivity index (χ1) is 13.0. The molecule has 1 aromatic heterocycles. The van der Waals surface area contributed by atoms with Crippen molar-refractivity contribution in [2.45, 2.75) is 0 Å². The molecule has 4 rings (SSSR count). The van der Waals surface area contributed by atoms with Crippen LogP contribution >= 0.6 is 0 Å². The van der Waals surface area contributed by atoms with Gasteiger partial charge in [-0.3, -0.25) is 4.79 Å². The Balaban J connectivity index is 1.72. The Labute approximate surface area is 153 Å². The minimum atomic E-state index is -0.567. The summed E-state index contributed by atoms with van der Waals surface area (Å²) in [6.45, 7) is -0.567. The van der Waals surface area contributed by atoms with Gasteiger partial charge in [0.2, 0.25) is 0 Å². The number of nitrogens with zero attached hydrogens (tertiary/aromatic N) is 1. The fourth-order valence-electron chi connectivity index (χ4n) is 2.94. The van der Waals surface area contributed by atoms with Crippen LogP contribution in [0.4, 0.5) is 8.78 Å². The molecule has 0 fully saturated rings. The topological polar surface area (TPSA) is 66.0 Å². The van der Waals surface area contributed by atoms with E-state index in [1.54, 1.807) is 30.3 Å². The Bertz CT molecular complexity index is 1150. The summed E-state index contributed by atoms with van der Waals surface area (Å²) in [5, 5.41) is 8.97. The lowest BCUT2D eigenvalue weighted by Crippen LogP contribution is -2.03. The van der Waals surface area contributed by atoms with Crippen molar-refractivity contribution in [3.05, 3.63) is 77.9 Å². The van der Waals surface area contributed by atoms with E-state index in [9.17, 15) is 13.6 Å². The Kier molecular flexibility index (Phi) is 4.25. The molecule has 0 saturated carbocycles. The molecule has 0 spiro atoms. The molecular formula is C21H14F2N2O2. The van der Waals surface area contributed by atoms with Gasteiger partial charge in [-0.25, -0.2) is 13.8 Å². The number of aromatic amines is 1. The maximum absolute atomic E-state index is 14.6. The van der Waals surface area contributed by atoms with Crippen LogP contribution in [0.5, 0.6) is 0 Å². The van der Waals surface area contributed by atoms with Crippen LogP contribution in [0, 0.1) is 11.6 Å². The molecule has 0 saturated heterocycles. The highest BCUT2D eigenvalue weighted by Crippen LogP contribution is 2.28. The maximum Gasteiger partial charge on any atom is 0.188 e. The number of benzene rings is 3. The number of ketones is 1. The van der Waals surface area contributed by atoms with Crippen molar-refractivity contribution in [3.63, 3.8) is 0 Å². The molecule has 0 aliphatic heterocycles. The quantitative estimate of drug-likeness (QED) is 0.529. The van der Waals surface area contributed by atoms with Gasteiger partial charge in [-0.15, -0.1) is 0 Å². The van der Waals surface area contributed by atoms with E-state index >= 15 is 0 Å². The summed E-state index contributed by atoms with van der Waals surface area (Å²) in [6, 6.07) is 15.2. The van der Waals surface area contributed by atoms with E-state index in [0.29, 0.717) is 39.1 Å². The van der Waals surface area contributed by atoms with Crippen molar-refractivity contribution < 1.29 is 18.7 Å². The fourth-order valence-corrected chi connectivity index (χ4v) is 2.94. The number of halogens is 2. The van der Waals surface area contributed by atoms with E-state index in [1.165, 1.54) is 30.3 Å². The molecule has 0 aliphatic carbocycles. The summed E-state index contributed by atoms with van der Waals surface area (Å²) in [5.41, 5.74) is 3.11. The average molecular weight is 364 g/mol. The number of hydrogen-bond donors (Lipinski definition) is 2. The lowest BCUT2D eigenvalue weighted by molar-refractivity contribution is 0.0904. The van der Waals surface area contributed by atoms with Crippen molar-refractivity contribution in [3.8, 4) is 22.5 Å². The number of imidazole rings is 1. The lowest BCUT2D eigenvalue weighted by atomic mass is 10.0. The van der Waals surface area contributed by atoms with Crippen LogP contribution in [0.15, 0.2) is 60.7 Å². The Morgan fingerprint density at radius 2 is 1.70 bits per heavy atom. The van der Waals surface area contributed by atoms with Gasteiger partial charge in [0, 0.05) is 16.7 Å². The highest BCUT2D eigenvalue weighted by molar-refractivity contribution is 5.99. The van der Waals surface area contributed by atoms with Crippen molar-refractivity contribution in [2.24, 2.45) is 0 Å². The summed E-state index contributed by atoms with van der Waals surface area (Å²) < 4.78 is 27.6. The number of aromatic nitrogens is 2. The van der Waals surface area contributed by atoms with Gasteiger partial charge in [-0.05, 0) is 42.0 Å². The van der Waals surface area contributed by atoms with Crippen molar-refractivity contribution in [1.82, 2.24) is 9.97 Å². The molecule has 0 atom stereocenters. The molecule has 27 heavy (non-hydrogen) atoms. The Hall–Kier alpha value is -3.38. The number of rotatable bonds is 4. The standard InChI is InChI=1S/C21H14F2N2O2/c22-15-5-1-12(2-6-15)16-7-3-14(9-17(16)23)21-24-18-8-4-13(20(27)11-26)10-19(18)25-21/h1-10,26H,11H2,(H,24,25). The van der Waals surface area contributed by atoms with Gasteiger partial charge in [-0.1, -0.05) is 24.3 Å². The second kappa shape index (κ2) is 6.74. The first kappa shape index (κ1) is 17.1. The molecule has 3 aromatic carbocycles. The normalized spacial score (nSPS) is 11.1. The van der Waals surface area contributed by atoms with Crippen molar-refractivity contribution in [2.75, 3.05) is 6.61 Å². The average Bonchev–Trinajstić information content (AvgIpc) is 3.11. The van der Waals surface area contributed by atoms with E-state index in [4.69, 9.17) is 5.11 Å². The van der Waals surface area contributed by atoms with Gasteiger partial charge in [-0.2, -0.15) is 0 Å². The predicted octanol–water partition coefficient (Wildman–Crippen LogP) is 4.35. The van der Waals surface area contributed by atoms with Gasteiger partial charge in [0.1, 0.15) is 24.1 Å². The zero-order valence-electron chi connectivity index (χ0n) is 14.0. The minimum Gasteiger partial charge on any atom is -0.388 e. The molecule has 2 N–H and O–H groups in total. The van der Waals surface area contributed by atoms with E-state index < -0.39 is 12.4 Å². The molecular weight excluding hydrogens is 350 g/mol. The van der Waals surface area contributed by atoms with Gasteiger partial charge in [0.05, 0.1) is 11.0 Å². The molecule has 1 heterocycles. The molecule has 4 aromatic rings. The van der Waals surface area contributed by atoms with Gasteiger partial charge < -0.3 is 10.1 Å². The fraction of sp³-hybridized carbons (Fsp3) is 0.0476. The van der Waals surface area contributed by atoms with E-state index in [2.05, 4.69) is 9.97 Å². The summed E-state index contributed by atoms with van der Waals surface area (Å²) in [4.78, 5) is 19.1. The predicted molar refractivity (Wildman–Crippen MR) is 98.3 cm³/mol. The molecule has 6 heteroatoms. The molecule has 134 valence electrons. The van der Waals surface area contributed by atoms with Crippen LogP contribution in [0.25, 0.3) is 33.5 Å². The number of aliphatic hydroxyl groups excluding tert-OH is 1. The molecule has 0 bridgehead atoms. The number of aliphatic hydroxyl groups is 1. The number of Topliss-reactive ketones (excluding diaryl/α,β-unsaturated/α-hetero) is 1. The summed E-state index contributed by atoms with van der Waals surface area (Å²) in [6.07, 6.45) is 0. The number of carbonyl (C=O) groups is 1. The molecule has 0 amide bonds. The van der Waals surface area contributed by atoms with Gasteiger partial charge in [0.15, 0.2) is 5.78 Å². The number of H-pyrrole nitrogens is 1. The minimum absolute atomic E-state index is 0.366. The van der Waals surface area contributed by atoms with Crippen molar-refractivity contribution in [1.29, 1.82) is 0 Å². The Morgan fingerprint density at radius 3 is 2.41 bits per heavy atom. The second-order valence-corrected chi connectivity index (χ2v) is 6.10. The summed E-state index contributed by atoms with van der Waals surface area (Å²) in [7, 11) is 0. The van der Waals surface area contributed by atoms with Crippen LogP contribution in [0.2, 0.25) is 0 Å². The molecule has 0 radical (unpaired) electrons. The number of nitrogens with one attached hydrogen (secondary N) is 1. The van der Waals surface area contributed by atoms with Crippen LogP contribution in [0.1, 0.15) is 10.4 Å². The zero-order chi connectivity index (χ0) is 19.0. The number of hydrogen-bond acceptors (Lipinski definition) is 3. The highest BCUT2D eigenvalue weighted by atomic mass is 19.1. The third-order valence-electron chi connectivity index (χ3n) is 4.35. The second-order valence-electron chi connectivity index (χ2n) is 6.10. The molecule has 0 unspecified atom stereocenters. The van der Waals surface area contributed by atoms with Gasteiger partial charge in [0.25, 0.3) is 0 Å². The SMILES string of the molecule is O=C(CO)c1ccc2nc(-c3ccc(-c4ccc(F)cc4)c(F)c3)[nH]c2c1. The van der Waals surface area contributed by atoms with Crippen LogP contribution in [-0.4, -0.2) is 27.5 Å². The largest absolute Gasteiger partial charge is 0.388 e.